The van der Waals surface area contributed by atoms with E-state index < -0.39 is 0 Å². The molecule has 0 heterocycles. The molecule has 0 atom stereocenters. The summed E-state index contributed by atoms with van der Waals surface area (Å²) in [5.74, 6) is 0. The molecule has 0 aromatic rings. The van der Waals surface area contributed by atoms with Gasteiger partial charge in [-0.3, -0.25) is 0 Å². The van der Waals surface area contributed by atoms with Gasteiger partial charge in [-0.1, -0.05) is 0 Å². The Morgan fingerprint density at radius 1 is 1.20 bits per heavy atom. The van der Waals surface area contributed by atoms with Crippen LogP contribution in [0.3, 0.4) is 0 Å². The van der Waals surface area contributed by atoms with Crippen LogP contribution in [0.25, 0.3) is 0 Å². The Labute approximate surface area is 55.2 Å². The van der Waals surface area contributed by atoms with E-state index >= 15 is 0 Å². The molecule has 2 N–H and O–H groups in total. The second-order valence-corrected chi connectivity index (χ2v) is 0.0583. The molecule has 0 aliphatic rings. The first-order valence-corrected chi connectivity index (χ1v) is 0.309. The molecule has 0 amide bonds. The van der Waals surface area contributed by atoms with Crippen molar-refractivity contribution in [3.8, 4) is 0 Å². The average Bonchev–Trinajstić information content (AvgIpc) is 0.918. The third-order valence-electron chi connectivity index (χ3n) is 0. The maximum absolute atomic E-state index is 9.12. The Morgan fingerprint density at radius 3 is 1.20 bits per heavy atom. The predicted molar refractivity (Wildman–Crippen MR) is 6.91 cm³/mol. The van der Waals surface area contributed by atoms with Gasteiger partial charge < -0.3 is 5.48 Å². The van der Waals surface area contributed by atoms with E-state index in [-0.39, 0.29) is 41.1 Å². The van der Waals surface area contributed by atoms with E-state index in [0.717, 1.165) is 0 Å². The standard InChI is InChI=1S/F2O.La.H2O/c1-3-2;;/h;;1H2. The van der Waals surface area contributed by atoms with Gasteiger partial charge in [0.1, 0.15) is 0 Å². The summed E-state index contributed by atoms with van der Waals surface area (Å²) in [6.07, 6.45) is 0. The second kappa shape index (κ2) is 20.2. The Bertz CT molecular complexity index is 7.61. The maximum Gasteiger partial charge on any atom is 0.0209 e. The van der Waals surface area contributed by atoms with Crippen LogP contribution >= 0.6 is 0 Å². The Morgan fingerprint density at radius 2 is 1.20 bits per heavy atom. The molecule has 0 unspecified atom stereocenters. The summed E-state index contributed by atoms with van der Waals surface area (Å²) >= 11 is 0. The minimum atomic E-state index is 0. The molecule has 0 aromatic heterocycles. The SMILES string of the molecule is FOF.O.[La]. The molecule has 0 saturated carbocycles. The summed E-state index contributed by atoms with van der Waals surface area (Å²) in [5.41, 5.74) is 0. The van der Waals surface area contributed by atoms with Gasteiger partial charge in [0.05, 0.1) is 0 Å². The van der Waals surface area contributed by atoms with Crippen LogP contribution in [0.4, 0.5) is 9.05 Å². The van der Waals surface area contributed by atoms with Crippen molar-refractivity contribution < 1.29 is 55.3 Å². The van der Waals surface area contributed by atoms with Gasteiger partial charge in [0.25, 0.3) is 0 Å². The fourth-order valence-corrected chi connectivity index (χ4v) is 0. The van der Waals surface area contributed by atoms with E-state index in [0.29, 0.717) is 0 Å². The largest absolute Gasteiger partial charge is 0.412 e. The summed E-state index contributed by atoms with van der Waals surface area (Å²) < 4.78 is 18.2. The zero-order valence-corrected chi connectivity index (χ0v) is 5.87. The van der Waals surface area contributed by atoms with Crippen LogP contribution in [0.2, 0.25) is 0 Å². The first-order valence-electron chi connectivity index (χ1n) is 0.309. The van der Waals surface area contributed by atoms with Crippen molar-refractivity contribution in [2.75, 3.05) is 0 Å². The van der Waals surface area contributed by atoms with Crippen LogP contribution in [0.5, 0.6) is 0 Å². The van der Waals surface area contributed by atoms with Crippen molar-refractivity contribution in [1.29, 1.82) is 0 Å². The third-order valence-corrected chi connectivity index (χ3v) is 0. The topological polar surface area (TPSA) is 40.7 Å². The smallest absolute Gasteiger partial charge is 0.0209 e. The second-order valence-electron chi connectivity index (χ2n) is 0.0583. The normalized spacial score (nSPS) is 3.60. The van der Waals surface area contributed by atoms with Crippen molar-refractivity contribution in [1.82, 2.24) is 0 Å². The first-order chi connectivity index (χ1) is 1.41. The summed E-state index contributed by atoms with van der Waals surface area (Å²) in [4.78, 5) is 0. The van der Waals surface area contributed by atoms with Gasteiger partial charge in [0.2, 0.25) is 0 Å². The molecule has 31 valence electrons. The summed E-state index contributed by atoms with van der Waals surface area (Å²) in [5, 5.41) is 1.25. The van der Waals surface area contributed by atoms with Crippen molar-refractivity contribution in [2.24, 2.45) is 0 Å². The minimum absolute atomic E-state index is 0. The van der Waals surface area contributed by atoms with Crippen molar-refractivity contribution in [2.45, 2.75) is 0 Å². The number of hydrogen-bond acceptors (Lipinski definition) is 1. The first kappa shape index (κ1) is 16.7. The van der Waals surface area contributed by atoms with Gasteiger partial charge in [-0.25, -0.2) is 0 Å². The van der Waals surface area contributed by atoms with E-state index in [1.54, 1.807) is 0 Å². The van der Waals surface area contributed by atoms with E-state index in [4.69, 9.17) is 9.05 Å². The van der Waals surface area contributed by atoms with E-state index in [1.807, 2.05) is 0 Å². The molecule has 0 spiro atoms. The fraction of sp³-hybridized carbons (Fsp3) is 0. The molecule has 0 aliphatic heterocycles. The number of halogens is 2. The molecule has 2 nitrogen and oxygen atoms in total. The molecule has 0 aromatic carbocycles. The molecule has 0 saturated heterocycles. The van der Waals surface area contributed by atoms with Crippen LogP contribution in [0, 0.1) is 35.6 Å². The molecule has 0 bridgehead atoms. The van der Waals surface area contributed by atoms with Crippen LogP contribution in [-0.4, -0.2) is 5.48 Å². The van der Waals surface area contributed by atoms with Gasteiger partial charge in [-0.05, 0) is 9.05 Å². The van der Waals surface area contributed by atoms with E-state index in [2.05, 4.69) is 0 Å². The quantitative estimate of drug-likeness (QED) is 0.553. The zero-order chi connectivity index (χ0) is 2.71. The minimum Gasteiger partial charge on any atom is -0.412 e. The summed E-state index contributed by atoms with van der Waals surface area (Å²) in [7, 11) is 0. The van der Waals surface area contributed by atoms with Crippen LogP contribution < -0.4 is 0 Å². The van der Waals surface area contributed by atoms with Gasteiger partial charge in [-0.15, -0.1) is 0 Å². The molecule has 0 aliphatic carbocycles. The number of rotatable bonds is 0. The Kier molecular flexibility index (Phi) is 67.4. The van der Waals surface area contributed by atoms with Crippen LogP contribution in [0.1, 0.15) is 0 Å². The molecule has 5 heavy (non-hydrogen) atoms. The predicted octanol–water partition coefficient (Wildman–Crippen LogP) is -0.0527. The van der Waals surface area contributed by atoms with Gasteiger partial charge in [-0.2, -0.15) is 0 Å². The van der Waals surface area contributed by atoms with Gasteiger partial charge in [0.15, 0.2) is 0 Å². The van der Waals surface area contributed by atoms with E-state index in [1.165, 1.54) is 5.15 Å². The van der Waals surface area contributed by atoms with Crippen molar-refractivity contribution in [3.63, 3.8) is 0 Å². The monoisotopic (exact) mass is 211 g/mol. The van der Waals surface area contributed by atoms with Gasteiger partial charge >= 0.3 is 0 Å². The molecule has 1 radical (unpaired) electrons. The molecular formula is H2F2LaO2. The Hall–Kier alpha value is 0.975. The van der Waals surface area contributed by atoms with Crippen molar-refractivity contribution >= 4 is 0 Å². The zero-order valence-electron chi connectivity index (χ0n) is 2.24. The summed E-state index contributed by atoms with van der Waals surface area (Å²) in [6.45, 7) is 0. The van der Waals surface area contributed by atoms with E-state index in [9.17, 15) is 0 Å². The number of hydrogen-bond donors (Lipinski definition) is 0. The third kappa shape index (κ3) is 46.3. The molecule has 0 rings (SSSR count). The molecule has 5 heteroatoms. The van der Waals surface area contributed by atoms with Crippen molar-refractivity contribution in [3.05, 3.63) is 0 Å². The molecule has 0 fully saturated rings. The van der Waals surface area contributed by atoms with Crippen LogP contribution in [0.15, 0.2) is 0 Å². The van der Waals surface area contributed by atoms with Gasteiger partial charge in [0, 0.05) is 40.7 Å². The maximum atomic E-state index is 9.12. The average molecular weight is 211 g/mol. The fourth-order valence-electron chi connectivity index (χ4n) is 0. The van der Waals surface area contributed by atoms with Crippen LogP contribution in [-0.2, 0) is 5.15 Å². The summed E-state index contributed by atoms with van der Waals surface area (Å²) in [6, 6.07) is 0. The Balaban J connectivity index is -0.0000000200. The molecular weight excluding hydrogens is 209 g/mol.